The van der Waals surface area contributed by atoms with E-state index in [4.69, 9.17) is 5.10 Å². The number of aromatic nitrogens is 2. The van der Waals surface area contributed by atoms with Gasteiger partial charge in [-0.3, -0.25) is 4.79 Å². The Morgan fingerprint density at radius 1 is 1.09 bits per heavy atom. The first-order valence-corrected chi connectivity index (χ1v) is 11.2. The quantitative estimate of drug-likeness (QED) is 0.486. The summed E-state index contributed by atoms with van der Waals surface area (Å²) in [6.07, 6.45) is 2.23. The summed E-state index contributed by atoms with van der Waals surface area (Å²) in [4.78, 5) is 17.3. The van der Waals surface area contributed by atoms with Gasteiger partial charge in [0.05, 0.1) is 23.5 Å². The summed E-state index contributed by atoms with van der Waals surface area (Å²) in [7, 11) is 3.99. The van der Waals surface area contributed by atoms with Crippen LogP contribution in [0.3, 0.4) is 0 Å². The van der Waals surface area contributed by atoms with Crippen molar-refractivity contribution in [2.75, 3.05) is 25.5 Å². The Morgan fingerprint density at radius 3 is 2.34 bits per heavy atom. The molecule has 0 radical (unpaired) electrons. The van der Waals surface area contributed by atoms with Gasteiger partial charge < -0.3 is 9.80 Å². The summed E-state index contributed by atoms with van der Waals surface area (Å²) in [5, 5.41) is 4.96. The van der Waals surface area contributed by atoms with Gasteiger partial charge in [0.1, 0.15) is 11.6 Å². The van der Waals surface area contributed by atoms with Crippen molar-refractivity contribution in [2.45, 2.75) is 39.2 Å². The fourth-order valence-corrected chi connectivity index (χ4v) is 4.11. The minimum absolute atomic E-state index is 0.126. The fourth-order valence-electron chi connectivity index (χ4n) is 4.11. The Hall–Kier alpha value is -3.15. The van der Waals surface area contributed by atoms with Crippen molar-refractivity contribution < 1.29 is 9.18 Å². The lowest BCUT2D eigenvalue weighted by molar-refractivity contribution is 0.0730. The van der Waals surface area contributed by atoms with Crippen LogP contribution in [0.2, 0.25) is 0 Å². The Labute approximate surface area is 189 Å². The first-order valence-electron chi connectivity index (χ1n) is 11.2. The number of hydrogen-bond acceptors (Lipinski definition) is 3. The first-order chi connectivity index (χ1) is 15.4. The highest BCUT2D eigenvalue weighted by Crippen LogP contribution is 2.35. The predicted molar refractivity (Wildman–Crippen MR) is 126 cm³/mol. The number of benzene rings is 2. The fraction of sp³-hybridized carbons (Fsp3) is 0.385. The summed E-state index contributed by atoms with van der Waals surface area (Å²) < 4.78 is 16.4. The van der Waals surface area contributed by atoms with Gasteiger partial charge in [-0.25, -0.2) is 9.07 Å². The summed E-state index contributed by atoms with van der Waals surface area (Å²) >= 11 is 0. The van der Waals surface area contributed by atoms with Crippen LogP contribution in [0.4, 0.5) is 10.2 Å². The number of rotatable bonds is 8. The van der Waals surface area contributed by atoms with Crippen molar-refractivity contribution in [2.24, 2.45) is 5.92 Å². The van der Waals surface area contributed by atoms with E-state index in [-0.39, 0.29) is 17.4 Å². The van der Waals surface area contributed by atoms with Gasteiger partial charge in [0.25, 0.3) is 5.91 Å². The van der Waals surface area contributed by atoms with E-state index in [0.717, 1.165) is 35.6 Å². The Morgan fingerprint density at radius 2 is 1.75 bits per heavy atom. The Kier molecular flexibility index (Phi) is 6.31. The number of nitrogens with zero attached hydrogens (tertiary/aromatic N) is 4. The zero-order chi connectivity index (χ0) is 22.8. The number of halogens is 1. The molecule has 1 aliphatic carbocycles. The molecule has 2 aromatic carbocycles. The van der Waals surface area contributed by atoms with Gasteiger partial charge in [0, 0.05) is 26.2 Å². The standard InChI is InChI=1S/C26H31FN4O/c1-18(2)24-22(25(29(3)4)31(28-24)20-10-6-5-7-11-20)17-30(16-19-14-15-19)26(32)21-12-8-9-13-23(21)27/h5-13,18-19H,14-17H2,1-4H3. The van der Waals surface area contributed by atoms with E-state index in [0.29, 0.717) is 19.0 Å². The van der Waals surface area contributed by atoms with Crippen molar-refractivity contribution in [1.29, 1.82) is 0 Å². The Bertz CT molecular complexity index is 1090. The third-order valence-corrected chi connectivity index (χ3v) is 5.87. The molecule has 0 atom stereocenters. The van der Waals surface area contributed by atoms with Gasteiger partial charge in [-0.2, -0.15) is 5.10 Å². The van der Waals surface area contributed by atoms with E-state index in [9.17, 15) is 9.18 Å². The molecule has 0 aliphatic heterocycles. The molecule has 5 nitrogen and oxygen atoms in total. The van der Waals surface area contributed by atoms with Crippen molar-refractivity contribution >= 4 is 11.7 Å². The van der Waals surface area contributed by atoms with Crippen LogP contribution < -0.4 is 4.90 Å². The molecule has 1 fully saturated rings. The second-order valence-electron chi connectivity index (χ2n) is 9.09. The zero-order valence-corrected chi connectivity index (χ0v) is 19.3. The highest BCUT2D eigenvalue weighted by molar-refractivity contribution is 5.94. The van der Waals surface area contributed by atoms with E-state index < -0.39 is 5.82 Å². The molecular formula is C26H31FN4O. The van der Waals surface area contributed by atoms with Crippen LogP contribution in [0.5, 0.6) is 0 Å². The lowest BCUT2D eigenvalue weighted by Gasteiger charge is -2.25. The summed E-state index contributed by atoms with van der Waals surface area (Å²) in [6.45, 7) is 5.26. The molecule has 3 aromatic rings. The highest BCUT2D eigenvalue weighted by atomic mass is 19.1. The van der Waals surface area contributed by atoms with Crippen molar-refractivity contribution in [3.63, 3.8) is 0 Å². The second-order valence-corrected chi connectivity index (χ2v) is 9.09. The molecule has 0 unspecified atom stereocenters. The van der Waals surface area contributed by atoms with Crippen molar-refractivity contribution in [3.8, 4) is 5.69 Å². The van der Waals surface area contributed by atoms with Crippen LogP contribution in [-0.2, 0) is 6.54 Å². The average Bonchev–Trinajstić information content (AvgIpc) is 3.51. The van der Waals surface area contributed by atoms with Crippen LogP contribution in [0, 0.1) is 11.7 Å². The number of carbonyl (C=O) groups is 1. The zero-order valence-electron chi connectivity index (χ0n) is 19.3. The Balaban J connectivity index is 1.78. The largest absolute Gasteiger partial charge is 0.362 e. The van der Waals surface area contributed by atoms with Crippen LogP contribution >= 0.6 is 0 Å². The number of hydrogen-bond donors (Lipinski definition) is 0. The van der Waals surface area contributed by atoms with Gasteiger partial charge >= 0.3 is 0 Å². The van der Waals surface area contributed by atoms with Gasteiger partial charge in [-0.15, -0.1) is 0 Å². The second kappa shape index (κ2) is 9.15. The van der Waals surface area contributed by atoms with E-state index >= 15 is 0 Å². The van der Waals surface area contributed by atoms with Gasteiger partial charge in [-0.05, 0) is 48.9 Å². The normalized spacial score (nSPS) is 13.4. The minimum atomic E-state index is -0.477. The van der Waals surface area contributed by atoms with Crippen molar-refractivity contribution in [1.82, 2.24) is 14.7 Å². The molecule has 1 aliphatic rings. The topological polar surface area (TPSA) is 41.4 Å². The van der Waals surface area contributed by atoms with Crippen molar-refractivity contribution in [3.05, 3.63) is 77.2 Å². The van der Waals surface area contributed by atoms with E-state index in [1.807, 2.05) is 54.0 Å². The number of carbonyl (C=O) groups excluding carboxylic acids is 1. The molecule has 6 heteroatoms. The summed E-state index contributed by atoms with van der Waals surface area (Å²) in [6, 6.07) is 16.3. The molecule has 0 saturated heterocycles. The lowest BCUT2D eigenvalue weighted by Crippen LogP contribution is -2.34. The highest BCUT2D eigenvalue weighted by Gasteiger charge is 2.31. The molecule has 1 amide bonds. The van der Waals surface area contributed by atoms with Crippen LogP contribution in [0.25, 0.3) is 5.69 Å². The molecular weight excluding hydrogens is 403 g/mol. The van der Waals surface area contributed by atoms with E-state index in [2.05, 4.69) is 13.8 Å². The number of anilines is 1. The number of para-hydroxylation sites is 1. The molecule has 1 heterocycles. The third-order valence-electron chi connectivity index (χ3n) is 5.87. The molecule has 4 rings (SSSR count). The van der Waals surface area contributed by atoms with Gasteiger partial charge in [-0.1, -0.05) is 44.2 Å². The SMILES string of the molecule is CC(C)c1nn(-c2ccccc2)c(N(C)C)c1CN(CC1CC1)C(=O)c1ccccc1F. The molecule has 0 N–H and O–H groups in total. The molecule has 1 aromatic heterocycles. The van der Waals surface area contributed by atoms with Crippen LogP contribution in [-0.4, -0.2) is 41.2 Å². The molecule has 168 valence electrons. The molecule has 0 bridgehead atoms. The minimum Gasteiger partial charge on any atom is -0.362 e. The van der Waals surface area contributed by atoms with Gasteiger partial charge in [0.2, 0.25) is 0 Å². The van der Waals surface area contributed by atoms with E-state index in [1.165, 1.54) is 6.07 Å². The lowest BCUT2D eigenvalue weighted by atomic mass is 10.0. The maximum absolute atomic E-state index is 14.5. The average molecular weight is 435 g/mol. The monoisotopic (exact) mass is 434 g/mol. The van der Waals surface area contributed by atoms with Crippen LogP contribution in [0.1, 0.15) is 54.2 Å². The van der Waals surface area contributed by atoms with E-state index in [1.54, 1.807) is 23.1 Å². The molecule has 1 saturated carbocycles. The predicted octanol–water partition coefficient (Wildman–Crippen LogP) is 5.25. The summed E-state index contributed by atoms with van der Waals surface area (Å²) in [5.74, 6) is 0.874. The summed E-state index contributed by atoms with van der Waals surface area (Å²) in [5.41, 5.74) is 3.07. The third kappa shape index (κ3) is 4.54. The maximum atomic E-state index is 14.5. The maximum Gasteiger partial charge on any atom is 0.257 e. The van der Waals surface area contributed by atoms with Gasteiger partial charge in [0.15, 0.2) is 0 Å². The van der Waals surface area contributed by atoms with Crippen LogP contribution in [0.15, 0.2) is 54.6 Å². The molecule has 32 heavy (non-hydrogen) atoms. The first kappa shape index (κ1) is 22.1. The molecule has 0 spiro atoms. The smallest absolute Gasteiger partial charge is 0.257 e. The number of amides is 1.